The largest absolute Gasteiger partial charge is 0.378 e. The molecule has 1 nitrogen and oxygen atoms in total. The van der Waals surface area contributed by atoms with Crippen LogP contribution in [0.1, 0.15) is 216 Å². The highest BCUT2D eigenvalue weighted by atomic mass is 32.2. The van der Waals surface area contributed by atoms with E-state index in [1.54, 1.807) is 5.57 Å². The molecule has 0 saturated heterocycles. The number of thioether (sulfide) groups is 1. The summed E-state index contributed by atoms with van der Waals surface area (Å²) in [5.41, 5.74) is 2.86. The molecule has 4 aliphatic carbocycles. The van der Waals surface area contributed by atoms with Crippen LogP contribution in [0.3, 0.4) is 0 Å². The summed E-state index contributed by atoms with van der Waals surface area (Å²) in [6.07, 6.45) is 38.8. The number of unbranched alkanes of at least 4 members (excludes halogenated alkanes) is 13. The van der Waals surface area contributed by atoms with Gasteiger partial charge in [-0.25, -0.2) is 0 Å². The van der Waals surface area contributed by atoms with E-state index in [-0.39, 0.29) is 0 Å². The van der Waals surface area contributed by atoms with Gasteiger partial charge in [-0.3, -0.25) is 0 Å². The fourth-order valence-electron chi connectivity index (χ4n) is 11.7. The third-order valence-electron chi connectivity index (χ3n) is 14.7. The number of rotatable bonds is 23. The van der Waals surface area contributed by atoms with Gasteiger partial charge in [0.25, 0.3) is 0 Å². The number of allylic oxidation sites excluding steroid dienone is 1. The minimum atomic E-state index is 0.438. The smallest absolute Gasteiger partial charge is 0.0612 e. The first-order valence-electron chi connectivity index (χ1n) is 22.4. The molecule has 3 fully saturated rings. The summed E-state index contributed by atoms with van der Waals surface area (Å²) in [5, 5.41) is 0. The maximum Gasteiger partial charge on any atom is 0.0612 e. The lowest BCUT2D eigenvalue weighted by Crippen LogP contribution is -2.51. The second-order valence-corrected chi connectivity index (χ2v) is 21.9. The second-order valence-electron chi connectivity index (χ2n) is 19.9. The Morgan fingerprint density at radius 1 is 0.714 bits per heavy atom. The lowest BCUT2D eigenvalue weighted by molar-refractivity contribution is -0.0641. The van der Waals surface area contributed by atoms with Gasteiger partial charge in [-0.15, -0.1) is 0 Å². The molecule has 2 heteroatoms. The first-order valence-corrected chi connectivity index (χ1v) is 23.4. The van der Waals surface area contributed by atoms with Gasteiger partial charge in [0.1, 0.15) is 0 Å². The number of hydrogen-bond acceptors (Lipinski definition) is 2. The molecular weight excluding hydrogens is 613 g/mol. The van der Waals surface area contributed by atoms with E-state index < -0.39 is 0 Å². The van der Waals surface area contributed by atoms with E-state index in [1.165, 1.54) is 166 Å². The topological polar surface area (TPSA) is 9.23 Å². The number of fused-ring (bicyclic) bond motifs is 5. The van der Waals surface area contributed by atoms with E-state index >= 15 is 0 Å². The fourth-order valence-corrected chi connectivity index (χ4v) is 12.7. The van der Waals surface area contributed by atoms with Crippen LogP contribution in [0.5, 0.6) is 0 Å². The zero-order valence-electron chi connectivity index (χ0n) is 34.5. The Hall–Kier alpha value is 0.0500. The van der Waals surface area contributed by atoms with Gasteiger partial charge in [0.15, 0.2) is 0 Å². The predicted molar refractivity (Wildman–Crippen MR) is 220 cm³/mol. The van der Waals surface area contributed by atoms with E-state index in [4.69, 9.17) is 4.74 Å². The molecule has 7 unspecified atom stereocenters. The van der Waals surface area contributed by atoms with Crippen LogP contribution in [-0.4, -0.2) is 23.2 Å². The highest BCUT2D eigenvalue weighted by molar-refractivity contribution is 8.00. The Morgan fingerprint density at radius 2 is 1.33 bits per heavy atom. The molecular formula is C47H86OS. The zero-order valence-corrected chi connectivity index (χ0v) is 35.3. The Bertz CT molecular complexity index is 946. The minimum absolute atomic E-state index is 0.438. The van der Waals surface area contributed by atoms with Crippen molar-refractivity contribution < 1.29 is 4.74 Å². The van der Waals surface area contributed by atoms with Gasteiger partial charge in [-0.05, 0) is 116 Å². The van der Waals surface area contributed by atoms with Crippen LogP contribution in [0.15, 0.2) is 11.6 Å². The van der Waals surface area contributed by atoms with Gasteiger partial charge in [-0.1, -0.05) is 163 Å². The summed E-state index contributed by atoms with van der Waals surface area (Å²) in [6, 6.07) is 0. The second kappa shape index (κ2) is 20.5. The maximum absolute atomic E-state index is 6.58. The van der Waals surface area contributed by atoms with E-state index in [9.17, 15) is 0 Å². The normalized spacial score (nSPS) is 32.1. The standard InChI is InChI=1S/C47H86OS/c1-37(2)24-23-25-38(3)42-28-29-43-41-27-26-39-36-40(30-32-46(39,7)44(41)31-33-47(42,43)8)48-34-21-19-17-15-13-11-9-10-12-14-16-18-20-22-35-49-45(4,5)6/h26,37-38,40-44H,9-25,27-36H2,1-8H3/t38?,40-,41?,42?,43?,44?,46?,47?/m0/s1. The third-order valence-corrected chi connectivity index (χ3v) is 16.0. The summed E-state index contributed by atoms with van der Waals surface area (Å²) in [6.45, 7) is 20.8. The van der Waals surface area contributed by atoms with Gasteiger partial charge in [0.05, 0.1) is 6.10 Å². The maximum atomic E-state index is 6.58. The summed E-state index contributed by atoms with van der Waals surface area (Å²) in [4.78, 5) is 0. The van der Waals surface area contributed by atoms with Crippen molar-refractivity contribution in [1.29, 1.82) is 0 Å². The molecule has 8 atom stereocenters. The molecule has 3 saturated carbocycles. The average molecular weight is 699 g/mol. The highest BCUT2D eigenvalue weighted by Crippen LogP contribution is 2.67. The molecule has 0 aromatic carbocycles. The van der Waals surface area contributed by atoms with Crippen LogP contribution in [-0.2, 0) is 4.74 Å². The van der Waals surface area contributed by atoms with Gasteiger partial charge >= 0.3 is 0 Å². The van der Waals surface area contributed by atoms with E-state index in [1.807, 2.05) is 0 Å². The summed E-state index contributed by atoms with van der Waals surface area (Å²) in [7, 11) is 0. The molecule has 49 heavy (non-hydrogen) atoms. The van der Waals surface area contributed by atoms with Crippen molar-refractivity contribution in [2.24, 2.45) is 46.3 Å². The Labute approximate surface area is 312 Å². The lowest BCUT2D eigenvalue weighted by Gasteiger charge is -2.58. The van der Waals surface area contributed by atoms with Crippen molar-refractivity contribution in [2.45, 2.75) is 227 Å². The monoisotopic (exact) mass is 699 g/mol. The molecule has 0 heterocycles. The first-order chi connectivity index (χ1) is 23.4. The summed E-state index contributed by atoms with van der Waals surface area (Å²) < 4.78 is 7.01. The molecule has 286 valence electrons. The Morgan fingerprint density at radius 3 is 1.94 bits per heavy atom. The minimum Gasteiger partial charge on any atom is -0.378 e. The SMILES string of the molecule is CC(C)CCCC(C)C1CCC2C3CC=C4C[C@@H](OCCCCCCCCCCCCCCCCSC(C)(C)C)CCC4(C)C3CCC12C. The molecule has 0 aromatic heterocycles. The van der Waals surface area contributed by atoms with Crippen LogP contribution in [0.4, 0.5) is 0 Å². The summed E-state index contributed by atoms with van der Waals surface area (Å²) >= 11 is 2.13. The third kappa shape index (κ3) is 12.6. The van der Waals surface area contributed by atoms with Gasteiger partial charge < -0.3 is 4.74 Å². The lowest BCUT2D eigenvalue weighted by atomic mass is 9.47. The van der Waals surface area contributed by atoms with Gasteiger partial charge in [0.2, 0.25) is 0 Å². The van der Waals surface area contributed by atoms with Crippen LogP contribution in [0.25, 0.3) is 0 Å². The fraction of sp³-hybridized carbons (Fsp3) is 0.957. The molecule has 4 aliphatic rings. The molecule has 0 N–H and O–H groups in total. The van der Waals surface area contributed by atoms with Crippen LogP contribution >= 0.6 is 11.8 Å². The Kier molecular flexibility index (Phi) is 17.5. The quantitative estimate of drug-likeness (QED) is 0.0776. The van der Waals surface area contributed by atoms with Crippen molar-refractivity contribution in [1.82, 2.24) is 0 Å². The molecule has 0 spiro atoms. The van der Waals surface area contributed by atoms with Crippen molar-refractivity contribution in [3.8, 4) is 0 Å². The average Bonchev–Trinajstić information content (AvgIpc) is 3.41. The molecule has 0 radical (unpaired) electrons. The van der Waals surface area contributed by atoms with E-state index in [2.05, 4.69) is 73.2 Å². The van der Waals surface area contributed by atoms with Crippen LogP contribution in [0.2, 0.25) is 0 Å². The van der Waals surface area contributed by atoms with Crippen molar-refractivity contribution in [2.75, 3.05) is 12.4 Å². The van der Waals surface area contributed by atoms with Crippen molar-refractivity contribution in [3.63, 3.8) is 0 Å². The van der Waals surface area contributed by atoms with E-state index in [0.717, 1.165) is 42.1 Å². The van der Waals surface area contributed by atoms with Gasteiger partial charge in [-0.2, -0.15) is 11.8 Å². The van der Waals surface area contributed by atoms with Crippen molar-refractivity contribution >= 4 is 11.8 Å². The summed E-state index contributed by atoms with van der Waals surface area (Å²) in [5.74, 6) is 6.93. The number of ether oxygens (including phenoxy) is 1. The zero-order chi connectivity index (χ0) is 35.3. The van der Waals surface area contributed by atoms with Crippen LogP contribution < -0.4 is 0 Å². The van der Waals surface area contributed by atoms with Crippen LogP contribution in [0, 0.1) is 46.3 Å². The molecule has 0 bridgehead atoms. The predicted octanol–water partition coefficient (Wildman–Crippen LogP) is 15.4. The molecule has 0 amide bonds. The number of hydrogen-bond donors (Lipinski definition) is 0. The highest BCUT2D eigenvalue weighted by Gasteiger charge is 2.59. The van der Waals surface area contributed by atoms with Crippen molar-refractivity contribution in [3.05, 3.63) is 11.6 Å². The molecule has 0 aromatic rings. The Balaban J connectivity index is 1.03. The molecule has 4 rings (SSSR count). The molecule has 0 aliphatic heterocycles. The van der Waals surface area contributed by atoms with Gasteiger partial charge in [0, 0.05) is 11.4 Å². The van der Waals surface area contributed by atoms with E-state index in [0.29, 0.717) is 21.7 Å². The first kappa shape index (κ1) is 41.8.